The molecule has 4 heterocycles. The van der Waals surface area contributed by atoms with Crippen LogP contribution in [0.5, 0.6) is 0 Å². The van der Waals surface area contributed by atoms with E-state index in [1.165, 1.54) is 21.6 Å². The molecule has 0 aliphatic heterocycles. The molecule has 174 valence electrons. The minimum absolute atomic E-state index is 0.0148. The van der Waals surface area contributed by atoms with Crippen molar-refractivity contribution in [3.8, 4) is 6.07 Å². The first-order valence-electron chi connectivity index (χ1n) is 10.3. The largest absolute Gasteiger partial charge is 0.433 e. The maximum absolute atomic E-state index is 13.4. The first-order chi connectivity index (χ1) is 16.2. The van der Waals surface area contributed by atoms with Crippen LogP contribution in [0.3, 0.4) is 0 Å². The number of nitriles is 1. The van der Waals surface area contributed by atoms with Crippen molar-refractivity contribution in [2.24, 2.45) is 0 Å². The van der Waals surface area contributed by atoms with E-state index in [0.717, 1.165) is 18.5 Å². The SMILES string of the molecule is C[C@H](c1ccc(C(F)(F)F)nc1)n1nc(C#N)c2c(=O)[nH]c([C@H]3CC[C@@H]3n3cc(F)cn3)nc21. The van der Waals surface area contributed by atoms with Crippen LogP contribution in [0.1, 0.15) is 60.5 Å². The molecule has 34 heavy (non-hydrogen) atoms. The Hall–Kier alpha value is -4.08. The van der Waals surface area contributed by atoms with Gasteiger partial charge < -0.3 is 4.98 Å². The van der Waals surface area contributed by atoms with E-state index in [1.807, 2.05) is 6.07 Å². The van der Waals surface area contributed by atoms with Gasteiger partial charge in [-0.15, -0.1) is 0 Å². The number of alkyl halides is 3. The van der Waals surface area contributed by atoms with Crippen LogP contribution < -0.4 is 5.56 Å². The van der Waals surface area contributed by atoms with Crippen LogP contribution in [0.2, 0.25) is 0 Å². The minimum Gasteiger partial charge on any atom is -0.309 e. The normalized spacial score (nSPS) is 19.1. The van der Waals surface area contributed by atoms with Crippen LogP contribution in [0.15, 0.2) is 35.5 Å². The molecule has 0 radical (unpaired) electrons. The smallest absolute Gasteiger partial charge is 0.309 e. The first kappa shape index (κ1) is 21.7. The quantitative estimate of drug-likeness (QED) is 0.455. The Balaban J connectivity index is 1.57. The van der Waals surface area contributed by atoms with E-state index >= 15 is 0 Å². The number of aromatic amines is 1. The Bertz CT molecular complexity index is 1480. The zero-order valence-electron chi connectivity index (χ0n) is 17.6. The van der Waals surface area contributed by atoms with Gasteiger partial charge in [-0.25, -0.2) is 14.1 Å². The van der Waals surface area contributed by atoms with E-state index in [2.05, 4.69) is 25.1 Å². The summed E-state index contributed by atoms with van der Waals surface area (Å²) >= 11 is 0. The molecule has 9 nitrogen and oxygen atoms in total. The number of fused-ring (bicyclic) bond motifs is 1. The predicted molar refractivity (Wildman–Crippen MR) is 109 cm³/mol. The highest BCUT2D eigenvalue weighted by molar-refractivity contribution is 5.80. The highest BCUT2D eigenvalue weighted by Gasteiger charge is 2.37. The number of rotatable bonds is 4. The van der Waals surface area contributed by atoms with Crippen LogP contribution in [0.4, 0.5) is 17.6 Å². The predicted octanol–water partition coefficient (Wildman–Crippen LogP) is 3.47. The Morgan fingerprint density at radius 1 is 1.26 bits per heavy atom. The van der Waals surface area contributed by atoms with Crippen LogP contribution >= 0.6 is 0 Å². The Morgan fingerprint density at radius 2 is 2.06 bits per heavy atom. The summed E-state index contributed by atoms with van der Waals surface area (Å²) < 4.78 is 54.8. The molecule has 0 saturated heterocycles. The molecular weight excluding hydrogens is 456 g/mol. The maximum Gasteiger partial charge on any atom is 0.433 e. The molecule has 1 fully saturated rings. The summed E-state index contributed by atoms with van der Waals surface area (Å²) in [7, 11) is 0. The van der Waals surface area contributed by atoms with E-state index in [9.17, 15) is 27.6 Å². The van der Waals surface area contributed by atoms with Gasteiger partial charge in [-0.2, -0.15) is 28.6 Å². The Kier molecular flexibility index (Phi) is 4.96. The molecule has 0 aromatic carbocycles. The van der Waals surface area contributed by atoms with Crippen LogP contribution in [0.25, 0.3) is 11.0 Å². The van der Waals surface area contributed by atoms with E-state index in [1.54, 1.807) is 6.92 Å². The second-order valence-electron chi connectivity index (χ2n) is 8.10. The molecule has 1 aliphatic carbocycles. The molecule has 4 aromatic heterocycles. The summed E-state index contributed by atoms with van der Waals surface area (Å²) in [5.41, 5.74) is -1.23. The average molecular weight is 472 g/mol. The molecule has 5 rings (SSSR count). The van der Waals surface area contributed by atoms with Gasteiger partial charge in [0, 0.05) is 12.1 Å². The number of H-pyrrole nitrogens is 1. The molecule has 13 heteroatoms. The summed E-state index contributed by atoms with van der Waals surface area (Å²) in [5, 5.41) is 17.7. The third kappa shape index (κ3) is 3.51. The summed E-state index contributed by atoms with van der Waals surface area (Å²) in [6, 6.07) is 3.12. The summed E-state index contributed by atoms with van der Waals surface area (Å²) in [4.78, 5) is 23.6. The molecule has 4 aromatic rings. The van der Waals surface area contributed by atoms with Gasteiger partial charge in [-0.05, 0) is 31.4 Å². The van der Waals surface area contributed by atoms with Gasteiger partial charge in [-0.1, -0.05) is 6.07 Å². The van der Waals surface area contributed by atoms with Crippen LogP contribution in [0, 0.1) is 17.1 Å². The molecule has 0 amide bonds. The molecule has 0 unspecified atom stereocenters. The summed E-state index contributed by atoms with van der Waals surface area (Å²) in [6.07, 6.45) is 0.264. The minimum atomic E-state index is -4.57. The number of aromatic nitrogens is 7. The number of hydrogen-bond acceptors (Lipinski definition) is 6. The van der Waals surface area contributed by atoms with E-state index in [0.29, 0.717) is 24.2 Å². The fraction of sp³-hybridized carbons (Fsp3) is 0.333. The molecule has 0 bridgehead atoms. The van der Waals surface area contributed by atoms with Gasteiger partial charge in [0.2, 0.25) is 0 Å². The first-order valence-corrected chi connectivity index (χ1v) is 10.3. The molecular formula is C21H16F4N8O. The van der Waals surface area contributed by atoms with E-state index in [4.69, 9.17) is 0 Å². The molecule has 1 aliphatic rings. The highest BCUT2D eigenvalue weighted by Crippen LogP contribution is 2.44. The fourth-order valence-electron chi connectivity index (χ4n) is 4.16. The number of nitrogens with one attached hydrogen (secondary N) is 1. The monoisotopic (exact) mass is 472 g/mol. The molecule has 1 N–H and O–H groups in total. The van der Waals surface area contributed by atoms with Crippen molar-refractivity contribution in [1.82, 2.24) is 34.5 Å². The topological polar surface area (TPSA) is 118 Å². The van der Waals surface area contributed by atoms with E-state index < -0.39 is 29.3 Å². The summed E-state index contributed by atoms with van der Waals surface area (Å²) in [6.45, 7) is 1.65. The lowest BCUT2D eigenvalue weighted by Crippen LogP contribution is -2.30. The standard InChI is InChI=1S/C21H16F4N8O/c1-10(11-2-5-16(27-7-11)21(23,24)25)33-19-17(14(6-26)31-33)20(34)30-18(29-19)13-3-4-15(13)32-9-12(22)8-28-32/h2,5,7-10,13,15H,3-4H2,1H3,(H,29,30,34)/t10-,13+,15+/m1/s1. The number of halogens is 4. The highest BCUT2D eigenvalue weighted by atomic mass is 19.4. The molecule has 0 spiro atoms. The van der Waals surface area contributed by atoms with Crippen molar-refractivity contribution in [2.75, 3.05) is 0 Å². The van der Waals surface area contributed by atoms with Crippen molar-refractivity contribution in [3.63, 3.8) is 0 Å². The maximum atomic E-state index is 13.4. The Morgan fingerprint density at radius 3 is 2.62 bits per heavy atom. The van der Waals surface area contributed by atoms with Gasteiger partial charge in [0.05, 0.1) is 24.5 Å². The van der Waals surface area contributed by atoms with Crippen LogP contribution in [-0.2, 0) is 6.18 Å². The van der Waals surface area contributed by atoms with Crippen LogP contribution in [-0.4, -0.2) is 34.5 Å². The Labute approximate surface area is 188 Å². The van der Waals surface area contributed by atoms with Gasteiger partial charge in [0.25, 0.3) is 5.56 Å². The van der Waals surface area contributed by atoms with Gasteiger partial charge in [-0.3, -0.25) is 14.5 Å². The third-order valence-corrected chi connectivity index (χ3v) is 6.11. The fourth-order valence-corrected chi connectivity index (χ4v) is 4.16. The van der Waals surface area contributed by atoms with Crippen molar-refractivity contribution in [3.05, 3.63) is 69.7 Å². The second-order valence-corrected chi connectivity index (χ2v) is 8.10. The lowest BCUT2D eigenvalue weighted by Gasteiger charge is -2.35. The zero-order chi connectivity index (χ0) is 24.2. The second kappa shape index (κ2) is 7.75. The van der Waals surface area contributed by atoms with E-state index in [-0.39, 0.29) is 28.7 Å². The average Bonchev–Trinajstić information content (AvgIpc) is 3.35. The number of hydrogen-bond donors (Lipinski definition) is 1. The van der Waals surface area contributed by atoms with Crippen molar-refractivity contribution < 1.29 is 17.6 Å². The third-order valence-electron chi connectivity index (χ3n) is 6.11. The van der Waals surface area contributed by atoms with Gasteiger partial charge in [0.15, 0.2) is 17.2 Å². The van der Waals surface area contributed by atoms with Crippen molar-refractivity contribution in [1.29, 1.82) is 5.26 Å². The van der Waals surface area contributed by atoms with Gasteiger partial charge in [0.1, 0.15) is 23.0 Å². The summed E-state index contributed by atoms with van der Waals surface area (Å²) in [5.74, 6) is -0.375. The lowest BCUT2D eigenvalue weighted by molar-refractivity contribution is -0.141. The van der Waals surface area contributed by atoms with Crippen molar-refractivity contribution in [2.45, 2.75) is 43.9 Å². The zero-order valence-corrected chi connectivity index (χ0v) is 17.6. The molecule has 3 atom stereocenters. The lowest BCUT2D eigenvalue weighted by atomic mass is 9.79. The number of pyridine rings is 1. The van der Waals surface area contributed by atoms with Gasteiger partial charge >= 0.3 is 6.18 Å². The molecule has 1 saturated carbocycles. The number of nitrogens with zero attached hydrogens (tertiary/aromatic N) is 7. The van der Waals surface area contributed by atoms with Crippen molar-refractivity contribution >= 4 is 11.0 Å².